The van der Waals surface area contributed by atoms with Crippen LogP contribution < -0.4 is 0 Å². The van der Waals surface area contributed by atoms with Crippen LogP contribution in [0.5, 0.6) is 0 Å². The van der Waals surface area contributed by atoms with Crippen molar-refractivity contribution in [2.75, 3.05) is 0 Å². The Kier molecular flexibility index (Phi) is 7.64. The van der Waals surface area contributed by atoms with Crippen molar-refractivity contribution in [1.29, 1.82) is 0 Å². The number of hydrogen-bond donors (Lipinski definition) is 0. The Bertz CT molecular complexity index is 1530. The zero-order valence-electron chi connectivity index (χ0n) is 20.8. The number of nitrogens with zero attached hydrogens (tertiary/aromatic N) is 2. The average molecular weight is 461 g/mol. The van der Waals surface area contributed by atoms with Gasteiger partial charge in [-0.25, -0.2) is 4.98 Å². The van der Waals surface area contributed by atoms with Crippen molar-refractivity contribution < 1.29 is 0 Å². The topological polar surface area (TPSA) is 25.8 Å². The minimum Gasteiger partial charge on any atom is -0.254 e. The fraction of sp³-hybridized carbons (Fsp3) is 0.118. The molecule has 2 heteroatoms. The van der Waals surface area contributed by atoms with Gasteiger partial charge in [0.1, 0.15) is 5.69 Å². The summed E-state index contributed by atoms with van der Waals surface area (Å²) in [5.41, 5.74) is 10.0. The smallest absolute Gasteiger partial charge is 0.117 e. The molecule has 0 N–H and O–H groups in total. The zero-order valence-corrected chi connectivity index (χ0v) is 20.8. The normalized spacial score (nSPS) is 9.33. The number of aryl methyl sites for hydroxylation is 4. The van der Waals surface area contributed by atoms with Gasteiger partial charge in [-0.15, -0.1) is 0 Å². The van der Waals surface area contributed by atoms with Crippen molar-refractivity contribution in [3.05, 3.63) is 106 Å². The maximum absolute atomic E-state index is 4.63. The molecule has 0 saturated heterocycles. The fourth-order valence-corrected chi connectivity index (χ4v) is 3.41. The third-order valence-electron chi connectivity index (χ3n) is 5.58. The molecule has 170 valence electrons. The summed E-state index contributed by atoms with van der Waals surface area (Å²) in [4.78, 5) is 9.07. The Balaban J connectivity index is 1.46. The summed E-state index contributed by atoms with van der Waals surface area (Å²) >= 11 is 0. The molecule has 2 nitrogen and oxygen atoms in total. The number of benzene rings is 2. The molecule has 2 aromatic carbocycles. The second kappa shape index (κ2) is 11.4. The molecule has 4 aromatic rings. The average Bonchev–Trinajstić information content (AvgIpc) is 2.88. The molecule has 0 aliphatic heterocycles. The van der Waals surface area contributed by atoms with E-state index in [9.17, 15) is 0 Å². The molecule has 0 aliphatic carbocycles. The third kappa shape index (κ3) is 6.31. The molecule has 0 atom stereocenters. The van der Waals surface area contributed by atoms with Crippen LogP contribution in [0.4, 0.5) is 0 Å². The van der Waals surface area contributed by atoms with Crippen molar-refractivity contribution >= 4 is 0 Å². The van der Waals surface area contributed by atoms with Gasteiger partial charge in [0.25, 0.3) is 0 Å². The standard InChI is InChI=1S/C34H24N2/c1-25-13-18-29(19-14-25)31-20-16-27(3)30(23-31)11-9-7-5-6-8-10-12-32-28(4)17-22-34(36-32)33-21-15-26(2)24-35-33/h13-24H,1-4H3. The molecule has 0 spiro atoms. The van der Waals surface area contributed by atoms with Crippen LogP contribution in [-0.4, -0.2) is 9.97 Å². The van der Waals surface area contributed by atoms with Crippen LogP contribution in [0.1, 0.15) is 33.5 Å². The zero-order chi connectivity index (χ0) is 25.3. The van der Waals surface area contributed by atoms with Crippen molar-refractivity contribution in [3.63, 3.8) is 0 Å². The second-order valence-corrected chi connectivity index (χ2v) is 8.48. The predicted octanol–water partition coefficient (Wildman–Crippen LogP) is 6.45. The summed E-state index contributed by atoms with van der Waals surface area (Å²) < 4.78 is 0. The van der Waals surface area contributed by atoms with Gasteiger partial charge in [-0.2, -0.15) is 0 Å². The van der Waals surface area contributed by atoms with E-state index in [2.05, 4.69) is 107 Å². The monoisotopic (exact) mass is 460 g/mol. The van der Waals surface area contributed by atoms with Crippen LogP contribution in [0.25, 0.3) is 22.5 Å². The third-order valence-corrected chi connectivity index (χ3v) is 5.58. The molecule has 0 saturated carbocycles. The lowest BCUT2D eigenvalue weighted by Crippen LogP contribution is -1.93. The van der Waals surface area contributed by atoms with Crippen LogP contribution >= 0.6 is 0 Å². The molecule has 0 aliphatic rings. The first-order chi connectivity index (χ1) is 17.5. The van der Waals surface area contributed by atoms with Gasteiger partial charge in [0.15, 0.2) is 0 Å². The molecule has 2 aromatic heterocycles. The SMILES string of the molecule is Cc1ccc(-c2ccc(C)c(C#CC#CC#CC#Cc3nc(-c4ccc(C)cn4)ccc3C)c2)cc1. The van der Waals surface area contributed by atoms with Gasteiger partial charge < -0.3 is 0 Å². The lowest BCUT2D eigenvalue weighted by atomic mass is 9.99. The van der Waals surface area contributed by atoms with Crippen LogP contribution in [0, 0.1) is 75.1 Å². The Morgan fingerprint density at radius 2 is 1.14 bits per heavy atom. The van der Waals surface area contributed by atoms with E-state index in [0.29, 0.717) is 5.69 Å². The van der Waals surface area contributed by atoms with Gasteiger partial charge in [0.2, 0.25) is 0 Å². The molecule has 2 heterocycles. The van der Waals surface area contributed by atoms with Gasteiger partial charge in [-0.3, -0.25) is 4.98 Å². The van der Waals surface area contributed by atoms with E-state index < -0.39 is 0 Å². The van der Waals surface area contributed by atoms with Crippen molar-refractivity contribution in [2.24, 2.45) is 0 Å². The molecule has 0 bridgehead atoms. The highest BCUT2D eigenvalue weighted by Crippen LogP contribution is 2.22. The van der Waals surface area contributed by atoms with Crippen molar-refractivity contribution in [2.45, 2.75) is 27.7 Å². The Morgan fingerprint density at radius 1 is 0.528 bits per heavy atom. The molecular weight excluding hydrogens is 436 g/mol. The fourth-order valence-electron chi connectivity index (χ4n) is 3.41. The summed E-state index contributed by atoms with van der Waals surface area (Å²) in [5.74, 6) is 22.9. The first-order valence-electron chi connectivity index (χ1n) is 11.6. The van der Waals surface area contributed by atoms with Crippen LogP contribution in [0.15, 0.2) is 72.9 Å². The van der Waals surface area contributed by atoms with Crippen LogP contribution in [0.2, 0.25) is 0 Å². The molecule has 0 fully saturated rings. The van der Waals surface area contributed by atoms with E-state index in [0.717, 1.165) is 39.2 Å². The quantitative estimate of drug-likeness (QED) is 0.321. The number of aromatic nitrogens is 2. The van der Waals surface area contributed by atoms with Gasteiger partial charge in [0, 0.05) is 11.8 Å². The lowest BCUT2D eigenvalue weighted by Gasteiger charge is -2.05. The highest BCUT2D eigenvalue weighted by molar-refractivity contribution is 5.67. The molecule has 0 unspecified atom stereocenters. The first-order valence-corrected chi connectivity index (χ1v) is 11.6. The molecular formula is C34H24N2. The van der Waals surface area contributed by atoms with Gasteiger partial charge in [0.05, 0.1) is 11.4 Å². The summed E-state index contributed by atoms with van der Waals surface area (Å²) in [6, 6.07) is 22.7. The summed E-state index contributed by atoms with van der Waals surface area (Å²) in [6.45, 7) is 8.12. The van der Waals surface area contributed by atoms with Gasteiger partial charge in [-0.05, 0) is 115 Å². The lowest BCUT2D eigenvalue weighted by molar-refractivity contribution is 1.19. The predicted molar refractivity (Wildman–Crippen MR) is 148 cm³/mol. The van der Waals surface area contributed by atoms with E-state index in [1.54, 1.807) is 0 Å². The minimum absolute atomic E-state index is 0.681. The Hall–Kier alpha value is -5.02. The van der Waals surface area contributed by atoms with Crippen LogP contribution in [-0.2, 0) is 0 Å². The number of pyridine rings is 2. The summed E-state index contributed by atoms with van der Waals surface area (Å²) in [6.07, 6.45) is 1.83. The Morgan fingerprint density at radius 3 is 1.86 bits per heavy atom. The summed E-state index contributed by atoms with van der Waals surface area (Å²) in [7, 11) is 0. The Labute approximate surface area is 213 Å². The highest BCUT2D eigenvalue weighted by atomic mass is 14.8. The second-order valence-electron chi connectivity index (χ2n) is 8.48. The van der Waals surface area contributed by atoms with Gasteiger partial charge in [-0.1, -0.05) is 60.0 Å². The summed E-state index contributed by atoms with van der Waals surface area (Å²) in [5, 5.41) is 0. The van der Waals surface area contributed by atoms with E-state index in [4.69, 9.17) is 0 Å². The molecule has 0 radical (unpaired) electrons. The highest BCUT2D eigenvalue weighted by Gasteiger charge is 2.04. The van der Waals surface area contributed by atoms with Crippen LogP contribution in [0.3, 0.4) is 0 Å². The van der Waals surface area contributed by atoms with E-state index in [1.165, 1.54) is 11.1 Å². The van der Waals surface area contributed by atoms with E-state index in [1.807, 2.05) is 51.2 Å². The number of rotatable bonds is 2. The van der Waals surface area contributed by atoms with Crippen molar-refractivity contribution in [1.82, 2.24) is 9.97 Å². The number of hydrogen-bond acceptors (Lipinski definition) is 2. The largest absolute Gasteiger partial charge is 0.254 e. The first kappa shape index (κ1) is 24.1. The van der Waals surface area contributed by atoms with Gasteiger partial charge >= 0.3 is 0 Å². The maximum Gasteiger partial charge on any atom is 0.117 e. The van der Waals surface area contributed by atoms with E-state index in [-0.39, 0.29) is 0 Å². The van der Waals surface area contributed by atoms with E-state index >= 15 is 0 Å². The van der Waals surface area contributed by atoms with Crippen molar-refractivity contribution in [3.8, 4) is 69.9 Å². The molecule has 36 heavy (non-hydrogen) atoms. The molecule has 0 amide bonds. The minimum atomic E-state index is 0.681. The molecule has 4 rings (SSSR count). The maximum atomic E-state index is 4.63.